The number of rotatable bonds is 2. The minimum Gasteiger partial charge on any atom is -0.396 e. The molecule has 0 radical (unpaired) electrons. The highest BCUT2D eigenvalue weighted by Gasteiger charge is 2.35. The Morgan fingerprint density at radius 2 is 1.92 bits per heavy atom. The van der Waals surface area contributed by atoms with Gasteiger partial charge in [0.1, 0.15) is 0 Å². The lowest BCUT2D eigenvalue weighted by Gasteiger charge is -2.39. The van der Waals surface area contributed by atoms with Gasteiger partial charge in [-0.15, -0.1) is 0 Å². The van der Waals surface area contributed by atoms with Gasteiger partial charge in [-0.1, -0.05) is 20.8 Å². The number of hydrogen-bond donors (Lipinski definition) is 2. The fourth-order valence-electron chi connectivity index (χ4n) is 2.90. The minimum absolute atomic E-state index is 0.195. The topological polar surface area (TPSA) is 40.5 Å². The summed E-state index contributed by atoms with van der Waals surface area (Å²) < 4.78 is 0. The van der Waals surface area contributed by atoms with Crippen molar-refractivity contribution in [2.45, 2.75) is 39.7 Å². The third-order valence-electron chi connectivity index (χ3n) is 3.46. The zero-order chi connectivity index (χ0) is 10.0. The lowest BCUT2D eigenvalue weighted by molar-refractivity contribution is -0.0232. The van der Waals surface area contributed by atoms with E-state index in [1.165, 1.54) is 6.42 Å². The molecule has 0 saturated heterocycles. The zero-order valence-corrected chi connectivity index (χ0v) is 8.90. The van der Waals surface area contributed by atoms with Gasteiger partial charge >= 0.3 is 0 Å². The summed E-state index contributed by atoms with van der Waals surface area (Å²) in [4.78, 5) is 0. The fourth-order valence-corrected chi connectivity index (χ4v) is 2.90. The first-order valence-electron chi connectivity index (χ1n) is 5.35. The molecular formula is C11H22O2. The second-order valence-electron chi connectivity index (χ2n) is 4.86. The first-order chi connectivity index (χ1) is 6.06. The Labute approximate surface area is 81.0 Å². The third kappa shape index (κ3) is 2.44. The lowest BCUT2D eigenvalue weighted by atomic mass is 9.69. The maximum atomic E-state index is 9.90. The van der Waals surface area contributed by atoms with E-state index >= 15 is 0 Å². The summed E-state index contributed by atoms with van der Waals surface area (Å²) in [5.74, 6) is 1.70. The van der Waals surface area contributed by atoms with Gasteiger partial charge in [0, 0.05) is 6.61 Å². The van der Waals surface area contributed by atoms with Crippen molar-refractivity contribution in [1.29, 1.82) is 0 Å². The van der Waals surface area contributed by atoms with E-state index in [1.54, 1.807) is 0 Å². The molecule has 0 aromatic carbocycles. The molecule has 1 aliphatic rings. The third-order valence-corrected chi connectivity index (χ3v) is 3.46. The van der Waals surface area contributed by atoms with Crippen molar-refractivity contribution in [3.63, 3.8) is 0 Å². The van der Waals surface area contributed by atoms with E-state index in [9.17, 15) is 5.11 Å². The molecular weight excluding hydrogens is 164 g/mol. The van der Waals surface area contributed by atoms with Gasteiger partial charge in [0.05, 0.1) is 6.10 Å². The Morgan fingerprint density at radius 3 is 2.38 bits per heavy atom. The van der Waals surface area contributed by atoms with Crippen molar-refractivity contribution in [3.8, 4) is 0 Å². The largest absolute Gasteiger partial charge is 0.396 e. The quantitative estimate of drug-likeness (QED) is 0.688. The molecule has 0 bridgehead atoms. The average Bonchev–Trinajstić information content (AvgIpc) is 2.02. The number of aliphatic hydroxyl groups excluding tert-OH is 2. The molecule has 0 aromatic rings. The number of hydrogen-bond acceptors (Lipinski definition) is 2. The summed E-state index contributed by atoms with van der Waals surface area (Å²) in [6, 6.07) is 0. The lowest BCUT2D eigenvalue weighted by Crippen LogP contribution is -2.39. The van der Waals surface area contributed by atoms with Crippen LogP contribution >= 0.6 is 0 Å². The second-order valence-corrected chi connectivity index (χ2v) is 4.86. The first-order valence-corrected chi connectivity index (χ1v) is 5.35. The summed E-state index contributed by atoms with van der Waals surface area (Å²) in [6.07, 6.45) is 1.88. The first kappa shape index (κ1) is 11.0. The van der Waals surface area contributed by atoms with Crippen LogP contribution in [0.5, 0.6) is 0 Å². The zero-order valence-electron chi connectivity index (χ0n) is 8.90. The van der Waals surface area contributed by atoms with Crippen molar-refractivity contribution in [2.75, 3.05) is 6.61 Å². The van der Waals surface area contributed by atoms with Gasteiger partial charge in [0.2, 0.25) is 0 Å². The van der Waals surface area contributed by atoms with Crippen LogP contribution in [-0.2, 0) is 0 Å². The van der Waals surface area contributed by atoms with Crippen LogP contribution in [0.2, 0.25) is 0 Å². The molecule has 1 fully saturated rings. The van der Waals surface area contributed by atoms with Gasteiger partial charge in [-0.05, 0) is 36.5 Å². The molecule has 78 valence electrons. The van der Waals surface area contributed by atoms with E-state index in [0.29, 0.717) is 17.8 Å². The molecule has 5 atom stereocenters. The Kier molecular flexibility index (Phi) is 3.74. The highest BCUT2D eigenvalue weighted by atomic mass is 16.3. The maximum absolute atomic E-state index is 9.90. The normalized spacial score (nSPS) is 43.2. The molecule has 2 N–H and O–H groups in total. The van der Waals surface area contributed by atoms with Crippen LogP contribution in [0.4, 0.5) is 0 Å². The predicted octanol–water partition coefficient (Wildman–Crippen LogP) is 1.66. The van der Waals surface area contributed by atoms with E-state index in [1.807, 2.05) is 6.92 Å². The van der Waals surface area contributed by atoms with Crippen LogP contribution in [0.3, 0.4) is 0 Å². The molecule has 2 nitrogen and oxygen atoms in total. The van der Waals surface area contributed by atoms with Gasteiger partial charge in [-0.3, -0.25) is 0 Å². The Morgan fingerprint density at radius 1 is 1.31 bits per heavy atom. The standard InChI is InChI=1S/C11H22O2/c1-7-4-8(2)11(9(3)6-12)10(13)5-7/h7-13H,4-6H2,1-3H3/t7-,8-,9-,10-,11+/m1/s1. The second kappa shape index (κ2) is 4.43. The van der Waals surface area contributed by atoms with Crippen molar-refractivity contribution < 1.29 is 10.2 Å². The Bertz CT molecular complexity index is 146. The van der Waals surface area contributed by atoms with Crippen LogP contribution in [0.15, 0.2) is 0 Å². The van der Waals surface area contributed by atoms with Crippen LogP contribution in [0, 0.1) is 23.7 Å². The van der Waals surface area contributed by atoms with Gasteiger partial charge in [-0.2, -0.15) is 0 Å². The summed E-state index contributed by atoms with van der Waals surface area (Å²) in [7, 11) is 0. The van der Waals surface area contributed by atoms with Crippen molar-refractivity contribution in [3.05, 3.63) is 0 Å². The van der Waals surface area contributed by atoms with Crippen LogP contribution in [-0.4, -0.2) is 22.9 Å². The highest BCUT2D eigenvalue weighted by Crippen LogP contribution is 2.37. The smallest absolute Gasteiger partial charge is 0.0576 e. The SMILES string of the molecule is C[C@@H]1C[C@@H](C)[C@@H]([C@H](C)CO)[C@H](O)C1. The summed E-state index contributed by atoms with van der Waals surface area (Å²) in [5.41, 5.74) is 0. The summed E-state index contributed by atoms with van der Waals surface area (Å²) in [5, 5.41) is 19.0. The van der Waals surface area contributed by atoms with Crippen molar-refractivity contribution >= 4 is 0 Å². The average molecular weight is 186 g/mol. The van der Waals surface area contributed by atoms with Crippen LogP contribution in [0.1, 0.15) is 33.6 Å². The molecule has 2 heteroatoms. The molecule has 0 aromatic heterocycles. The molecule has 0 heterocycles. The molecule has 1 saturated carbocycles. The monoisotopic (exact) mass is 186 g/mol. The van der Waals surface area contributed by atoms with Gasteiger partial charge < -0.3 is 10.2 Å². The predicted molar refractivity (Wildman–Crippen MR) is 53.3 cm³/mol. The summed E-state index contributed by atoms with van der Waals surface area (Å²) in [6.45, 7) is 6.61. The van der Waals surface area contributed by atoms with E-state index in [0.717, 1.165) is 6.42 Å². The molecule has 1 aliphatic carbocycles. The number of aliphatic hydroxyl groups is 2. The summed E-state index contributed by atoms with van der Waals surface area (Å²) >= 11 is 0. The van der Waals surface area contributed by atoms with Gasteiger partial charge in [-0.25, -0.2) is 0 Å². The fraction of sp³-hybridized carbons (Fsp3) is 1.00. The Balaban J connectivity index is 2.61. The van der Waals surface area contributed by atoms with Gasteiger partial charge in [0.25, 0.3) is 0 Å². The Hall–Kier alpha value is -0.0800. The van der Waals surface area contributed by atoms with Gasteiger partial charge in [0.15, 0.2) is 0 Å². The van der Waals surface area contributed by atoms with Crippen molar-refractivity contribution in [1.82, 2.24) is 0 Å². The van der Waals surface area contributed by atoms with E-state index < -0.39 is 0 Å². The highest BCUT2D eigenvalue weighted by molar-refractivity contribution is 4.85. The maximum Gasteiger partial charge on any atom is 0.0576 e. The molecule has 0 unspecified atom stereocenters. The molecule has 13 heavy (non-hydrogen) atoms. The van der Waals surface area contributed by atoms with E-state index in [2.05, 4.69) is 13.8 Å². The minimum atomic E-state index is -0.208. The van der Waals surface area contributed by atoms with E-state index in [4.69, 9.17) is 5.11 Å². The molecule has 0 spiro atoms. The molecule has 0 aliphatic heterocycles. The molecule has 0 amide bonds. The van der Waals surface area contributed by atoms with Crippen LogP contribution in [0.25, 0.3) is 0 Å². The molecule has 1 rings (SSSR count). The van der Waals surface area contributed by atoms with Crippen molar-refractivity contribution in [2.24, 2.45) is 23.7 Å². The van der Waals surface area contributed by atoms with Crippen LogP contribution < -0.4 is 0 Å². The van der Waals surface area contributed by atoms with E-state index in [-0.39, 0.29) is 18.6 Å².